The van der Waals surface area contributed by atoms with Gasteiger partial charge in [0.25, 0.3) is 0 Å². The van der Waals surface area contributed by atoms with Gasteiger partial charge in [0.2, 0.25) is 5.43 Å². The molecule has 1 fully saturated rings. The van der Waals surface area contributed by atoms with Gasteiger partial charge in [0, 0.05) is 19.6 Å². The summed E-state index contributed by atoms with van der Waals surface area (Å²) in [6.45, 7) is 7.05. The first-order valence-electron chi connectivity index (χ1n) is 10.1. The van der Waals surface area contributed by atoms with Crippen LogP contribution in [0.2, 0.25) is 0 Å². The lowest BCUT2D eigenvalue weighted by molar-refractivity contribution is 0.133. The molecule has 152 valence electrons. The molecule has 5 nitrogen and oxygen atoms in total. The van der Waals surface area contributed by atoms with Gasteiger partial charge in [0.1, 0.15) is 23.3 Å². The van der Waals surface area contributed by atoms with E-state index in [0.717, 1.165) is 24.4 Å². The minimum Gasteiger partial charge on any atom is -0.507 e. The lowest BCUT2D eigenvalue weighted by Gasteiger charge is -2.35. The zero-order valence-electron chi connectivity index (χ0n) is 17.1. The van der Waals surface area contributed by atoms with Gasteiger partial charge in [-0.3, -0.25) is 9.69 Å². The lowest BCUT2D eigenvalue weighted by atomic mass is 9.91. The van der Waals surface area contributed by atoms with Crippen LogP contribution in [0.15, 0.2) is 51.9 Å². The highest BCUT2D eigenvalue weighted by atomic mass is 16.5. The average Bonchev–Trinajstić information content (AvgIpc) is 2.70. The molecule has 1 aliphatic heterocycles. The molecule has 0 unspecified atom stereocenters. The third-order valence-corrected chi connectivity index (χ3v) is 5.75. The van der Waals surface area contributed by atoms with E-state index in [0.29, 0.717) is 40.5 Å². The Labute approximate surface area is 170 Å². The van der Waals surface area contributed by atoms with E-state index in [1.807, 2.05) is 24.3 Å². The summed E-state index contributed by atoms with van der Waals surface area (Å²) in [6.07, 6.45) is 2.72. The van der Waals surface area contributed by atoms with Crippen molar-refractivity contribution in [3.63, 3.8) is 0 Å². The van der Waals surface area contributed by atoms with Gasteiger partial charge in [-0.2, -0.15) is 0 Å². The smallest absolute Gasteiger partial charge is 0.200 e. The maximum Gasteiger partial charge on any atom is 0.200 e. The normalized spacial score (nSPS) is 20.1. The fraction of sp³-hybridized carbons (Fsp3) is 0.375. The molecule has 0 aliphatic carbocycles. The number of phenols is 1. The lowest BCUT2D eigenvalue weighted by Crippen LogP contribution is -2.38. The molecule has 0 bridgehead atoms. The molecular weight excluding hydrogens is 366 g/mol. The molecular formula is C24H27NO4. The average molecular weight is 393 g/mol. The molecule has 2 heterocycles. The summed E-state index contributed by atoms with van der Waals surface area (Å²) in [5, 5.41) is 11.0. The Morgan fingerprint density at radius 1 is 1.10 bits per heavy atom. The van der Waals surface area contributed by atoms with Gasteiger partial charge in [0.15, 0.2) is 0 Å². The molecule has 2 aromatic carbocycles. The maximum atomic E-state index is 13.2. The Bertz CT molecular complexity index is 1060. The number of rotatable bonds is 4. The van der Waals surface area contributed by atoms with Crippen molar-refractivity contribution in [1.29, 1.82) is 0 Å². The third kappa shape index (κ3) is 3.87. The van der Waals surface area contributed by atoms with E-state index in [1.54, 1.807) is 19.2 Å². The van der Waals surface area contributed by atoms with Crippen LogP contribution in [0.4, 0.5) is 0 Å². The highest BCUT2D eigenvalue weighted by molar-refractivity contribution is 5.85. The molecule has 2 atom stereocenters. The monoisotopic (exact) mass is 393 g/mol. The van der Waals surface area contributed by atoms with E-state index in [9.17, 15) is 9.90 Å². The number of ether oxygens (including phenoxy) is 1. The van der Waals surface area contributed by atoms with Crippen LogP contribution >= 0.6 is 0 Å². The van der Waals surface area contributed by atoms with E-state index in [2.05, 4.69) is 18.7 Å². The zero-order valence-corrected chi connectivity index (χ0v) is 17.1. The second-order valence-corrected chi connectivity index (χ2v) is 8.29. The Morgan fingerprint density at radius 2 is 1.79 bits per heavy atom. The highest BCUT2D eigenvalue weighted by Gasteiger charge is 2.24. The Morgan fingerprint density at radius 3 is 2.45 bits per heavy atom. The number of fused-ring (bicyclic) bond motifs is 1. The van der Waals surface area contributed by atoms with E-state index in [1.165, 1.54) is 12.7 Å². The fourth-order valence-electron chi connectivity index (χ4n) is 4.51. The number of hydrogen-bond acceptors (Lipinski definition) is 5. The van der Waals surface area contributed by atoms with Crippen LogP contribution in [0.3, 0.4) is 0 Å². The number of phenolic OH excluding ortho intramolecular Hbond substituents is 1. The Kier molecular flexibility index (Phi) is 5.33. The molecule has 1 aromatic heterocycles. The molecule has 0 saturated carbocycles. The first kappa shape index (κ1) is 19.5. The van der Waals surface area contributed by atoms with Gasteiger partial charge in [-0.25, -0.2) is 0 Å². The summed E-state index contributed by atoms with van der Waals surface area (Å²) < 4.78 is 11.1. The SMILES string of the molecule is COc1ccc(-c2coc3c(CN4C[C@@H](C)C[C@H](C)C4)c(O)ccc3c2=O)cc1. The van der Waals surface area contributed by atoms with Gasteiger partial charge >= 0.3 is 0 Å². The van der Waals surface area contributed by atoms with Crippen LogP contribution in [0.1, 0.15) is 25.8 Å². The molecule has 0 radical (unpaired) electrons. The fourth-order valence-corrected chi connectivity index (χ4v) is 4.51. The number of nitrogens with zero attached hydrogens (tertiary/aromatic N) is 1. The molecule has 5 heteroatoms. The molecule has 4 rings (SSSR count). The first-order chi connectivity index (χ1) is 14.0. The highest BCUT2D eigenvalue weighted by Crippen LogP contribution is 2.31. The standard InChI is InChI=1S/C24H27NO4/c1-15-10-16(2)12-25(11-15)13-20-22(26)9-8-19-23(27)21(14-29-24(19)20)17-4-6-18(28-3)7-5-17/h4-9,14-16,26H,10-13H2,1-3H3/t15-,16-/m0/s1. The van der Waals surface area contributed by atoms with Crippen LogP contribution in [0.5, 0.6) is 11.5 Å². The second kappa shape index (κ2) is 7.91. The van der Waals surface area contributed by atoms with Gasteiger partial charge in [0.05, 0.1) is 23.6 Å². The summed E-state index contributed by atoms with van der Waals surface area (Å²) in [5.41, 5.74) is 2.32. The van der Waals surface area contributed by atoms with E-state index >= 15 is 0 Å². The molecule has 0 amide bonds. The number of benzene rings is 2. The van der Waals surface area contributed by atoms with Crippen LogP contribution in [0, 0.1) is 11.8 Å². The number of likely N-dealkylation sites (tertiary alicyclic amines) is 1. The van der Waals surface area contributed by atoms with Crippen molar-refractivity contribution >= 4 is 11.0 Å². The van der Waals surface area contributed by atoms with Crippen molar-refractivity contribution in [3.05, 3.63) is 58.4 Å². The predicted octanol–water partition coefficient (Wildman–Crippen LogP) is 4.65. The summed E-state index contributed by atoms with van der Waals surface area (Å²) in [6, 6.07) is 10.6. The largest absolute Gasteiger partial charge is 0.507 e. The van der Waals surface area contributed by atoms with Crippen LogP contribution in [0.25, 0.3) is 22.1 Å². The van der Waals surface area contributed by atoms with Crippen LogP contribution in [-0.2, 0) is 6.54 Å². The minimum atomic E-state index is -0.0990. The number of methoxy groups -OCH3 is 1. The molecule has 1 N–H and O–H groups in total. The Balaban J connectivity index is 1.74. The topological polar surface area (TPSA) is 62.9 Å². The van der Waals surface area contributed by atoms with Crippen LogP contribution < -0.4 is 10.2 Å². The summed E-state index contributed by atoms with van der Waals surface area (Å²) in [7, 11) is 1.61. The quantitative estimate of drug-likeness (QED) is 0.699. The Hall–Kier alpha value is -2.79. The van der Waals surface area contributed by atoms with E-state index in [-0.39, 0.29) is 11.2 Å². The van der Waals surface area contributed by atoms with Crippen molar-refractivity contribution in [2.24, 2.45) is 11.8 Å². The van der Waals surface area contributed by atoms with Crippen LogP contribution in [-0.4, -0.2) is 30.2 Å². The first-order valence-corrected chi connectivity index (χ1v) is 10.1. The summed E-state index contributed by atoms with van der Waals surface area (Å²) >= 11 is 0. The van der Waals surface area contributed by atoms with Gasteiger partial charge in [-0.05, 0) is 48.1 Å². The third-order valence-electron chi connectivity index (χ3n) is 5.75. The van der Waals surface area contributed by atoms with Crippen molar-refractivity contribution < 1.29 is 14.3 Å². The molecule has 1 saturated heterocycles. The van der Waals surface area contributed by atoms with Crippen molar-refractivity contribution in [2.75, 3.05) is 20.2 Å². The molecule has 29 heavy (non-hydrogen) atoms. The van der Waals surface area contributed by atoms with Gasteiger partial charge in [-0.15, -0.1) is 0 Å². The molecule has 3 aromatic rings. The zero-order chi connectivity index (χ0) is 20.5. The van der Waals surface area contributed by atoms with E-state index in [4.69, 9.17) is 9.15 Å². The number of aromatic hydroxyl groups is 1. The van der Waals surface area contributed by atoms with Crippen molar-refractivity contribution in [3.8, 4) is 22.6 Å². The van der Waals surface area contributed by atoms with Crippen molar-refractivity contribution in [2.45, 2.75) is 26.8 Å². The minimum absolute atomic E-state index is 0.0990. The number of hydrogen-bond donors (Lipinski definition) is 1. The second-order valence-electron chi connectivity index (χ2n) is 8.29. The molecule has 1 aliphatic rings. The van der Waals surface area contributed by atoms with E-state index < -0.39 is 0 Å². The summed E-state index contributed by atoms with van der Waals surface area (Å²) in [4.78, 5) is 15.5. The maximum absolute atomic E-state index is 13.2. The van der Waals surface area contributed by atoms with Gasteiger partial charge < -0.3 is 14.3 Å². The predicted molar refractivity (Wildman–Crippen MR) is 114 cm³/mol. The number of piperidine rings is 1. The summed E-state index contributed by atoms with van der Waals surface area (Å²) in [5.74, 6) is 2.13. The molecule has 0 spiro atoms. The van der Waals surface area contributed by atoms with Gasteiger partial charge in [-0.1, -0.05) is 26.0 Å². The van der Waals surface area contributed by atoms with Crippen molar-refractivity contribution in [1.82, 2.24) is 4.90 Å².